The van der Waals surface area contributed by atoms with E-state index in [1.165, 1.54) is 25.4 Å². The van der Waals surface area contributed by atoms with Crippen LogP contribution in [-0.4, -0.2) is 25.3 Å². The van der Waals surface area contributed by atoms with Crippen LogP contribution in [0.1, 0.15) is 23.1 Å². The molecule has 0 bridgehead atoms. The van der Waals surface area contributed by atoms with Gasteiger partial charge in [0.1, 0.15) is 0 Å². The molecule has 0 saturated carbocycles. The summed E-state index contributed by atoms with van der Waals surface area (Å²) in [7, 11) is 1.32. The number of halogens is 3. The topological polar surface area (TPSA) is 38.3 Å². The van der Waals surface area contributed by atoms with Crippen molar-refractivity contribution >= 4 is 17.3 Å². The third kappa shape index (κ3) is 6.58. The number of hydrogen-bond acceptors (Lipinski definition) is 4. The quantitative estimate of drug-likeness (QED) is 0.820. The van der Waals surface area contributed by atoms with E-state index in [4.69, 9.17) is 0 Å². The Morgan fingerprint density at radius 2 is 2.05 bits per heavy atom. The molecule has 1 aromatic heterocycles. The first-order valence-electron chi connectivity index (χ1n) is 5.74. The average Bonchev–Trinajstić information content (AvgIpc) is 2.71. The zero-order valence-electron chi connectivity index (χ0n) is 10.7. The molecule has 7 heteroatoms. The van der Waals surface area contributed by atoms with Gasteiger partial charge in [-0.3, -0.25) is 4.79 Å². The highest BCUT2D eigenvalue weighted by molar-refractivity contribution is 7.12. The number of ether oxygens (including phenoxy) is 1. The van der Waals surface area contributed by atoms with Crippen LogP contribution in [0.3, 0.4) is 0 Å². The summed E-state index contributed by atoms with van der Waals surface area (Å²) >= 11 is 1.39. The van der Waals surface area contributed by atoms with Crippen LogP contribution in [-0.2, 0) is 22.5 Å². The molecule has 1 unspecified atom stereocenters. The third-order valence-corrected chi connectivity index (χ3v) is 3.51. The molecule has 0 fully saturated rings. The predicted molar refractivity (Wildman–Crippen MR) is 67.0 cm³/mol. The summed E-state index contributed by atoms with van der Waals surface area (Å²) in [5, 5.41) is 2.81. The van der Waals surface area contributed by atoms with E-state index in [9.17, 15) is 18.0 Å². The molecule has 0 aliphatic carbocycles. The monoisotopic (exact) mass is 295 g/mol. The van der Waals surface area contributed by atoms with E-state index in [1.807, 2.05) is 0 Å². The van der Waals surface area contributed by atoms with Crippen molar-refractivity contribution in [3.05, 3.63) is 21.9 Å². The Morgan fingerprint density at radius 1 is 1.42 bits per heavy atom. The third-order valence-electron chi connectivity index (χ3n) is 2.43. The summed E-state index contributed by atoms with van der Waals surface area (Å²) in [6, 6.07) is 2.95. The molecular formula is C12H16F3NO2S. The van der Waals surface area contributed by atoms with Gasteiger partial charge in [-0.1, -0.05) is 0 Å². The molecule has 0 saturated heterocycles. The van der Waals surface area contributed by atoms with Crippen molar-refractivity contribution < 1.29 is 22.7 Å². The van der Waals surface area contributed by atoms with Gasteiger partial charge in [-0.05, 0) is 19.1 Å². The highest BCUT2D eigenvalue weighted by Gasteiger charge is 2.29. The second-order valence-corrected chi connectivity index (χ2v) is 5.48. The number of methoxy groups -OCH3 is 1. The fourth-order valence-electron chi connectivity index (χ4n) is 1.52. The first-order valence-corrected chi connectivity index (χ1v) is 6.56. The second kappa shape index (κ2) is 6.91. The van der Waals surface area contributed by atoms with Crippen molar-refractivity contribution in [1.29, 1.82) is 0 Å². The Kier molecular flexibility index (Phi) is 5.81. The van der Waals surface area contributed by atoms with Gasteiger partial charge in [-0.2, -0.15) is 13.2 Å². The van der Waals surface area contributed by atoms with E-state index < -0.39 is 18.6 Å². The van der Waals surface area contributed by atoms with Crippen LogP contribution in [0.4, 0.5) is 13.2 Å². The lowest BCUT2D eigenvalue weighted by Gasteiger charge is -2.15. The minimum absolute atomic E-state index is 0.194. The minimum Gasteiger partial charge on any atom is -0.469 e. The average molecular weight is 295 g/mol. The van der Waals surface area contributed by atoms with Gasteiger partial charge in [0.2, 0.25) is 0 Å². The lowest BCUT2D eigenvalue weighted by atomic mass is 10.2. The van der Waals surface area contributed by atoms with E-state index in [-0.39, 0.29) is 12.4 Å². The normalized spacial score (nSPS) is 13.3. The molecule has 108 valence electrons. The van der Waals surface area contributed by atoms with Crippen LogP contribution in [0.25, 0.3) is 0 Å². The van der Waals surface area contributed by atoms with E-state index in [0.29, 0.717) is 6.54 Å². The Balaban J connectivity index is 2.40. The molecule has 1 N–H and O–H groups in total. The maximum atomic E-state index is 12.1. The number of esters is 1. The maximum absolute atomic E-state index is 12.1. The molecule has 1 atom stereocenters. The zero-order chi connectivity index (χ0) is 14.5. The molecule has 0 aliphatic heterocycles. The van der Waals surface area contributed by atoms with Crippen molar-refractivity contribution in [2.75, 3.05) is 7.11 Å². The number of carbonyl (C=O) groups excluding carboxylic acids is 1. The molecule has 0 aromatic carbocycles. The lowest BCUT2D eigenvalue weighted by molar-refractivity contribution is -0.140. The van der Waals surface area contributed by atoms with Crippen LogP contribution < -0.4 is 5.32 Å². The summed E-state index contributed by atoms with van der Waals surface area (Å²) in [6.07, 6.45) is -4.81. The van der Waals surface area contributed by atoms with Crippen molar-refractivity contribution in [1.82, 2.24) is 5.32 Å². The number of alkyl halides is 3. The lowest BCUT2D eigenvalue weighted by Crippen LogP contribution is -2.30. The van der Waals surface area contributed by atoms with E-state index in [2.05, 4.69) is 10.1 Å². The molecule has 0 amide bonds. The zero-order valence-corrected chi connectivity index (χ0v) is 11.5. The van der Waals surface area contributed by atoms with Gasteiger partial charge in [0.25, 0.3) is 0 Å². The largest absolute Gasteiger partial charge is 0.469 e. The van der Waals surface area contributed by atoms with Crippen LogP contribution in [0.2, 0.25) is 0 Å². The molecule has 0 aliphatic rings. The molecule has 0 radical (unpaired) electrons. The summed E-state index contributed by atoms with van der Waals surface area (Å²) in [5.74, 6) is -0.327. The molecule has 19 heavy (non-hydrogen) atoms. The summed E-state index contributed by atoms with van der Waals surface area (Å²) in [4.78, 5) is 12.8. The number of thiophene rings is 1. The summed E-state index contributed by atoms with van der Waals surface area (Å²) < 4.78 is 40.9. The van der Waals surface area contributed by atoms with Gasteiger partial charge in [-0.25, -0.2) is 0 Å². The Bertz CT molecular complexity index is 417. The standard InChI is InChI=1S/C12H16F3NO2S/c1-8(6-12(13,14)15)16-7-10-4-3-9(19-10)5-11(17)18-2/h3-4,8,16H,5-7H2,1-2H3. The molecule has 1 rings (SSSR count). The Labute approximate surface area is 113 Å². The van der Waals surface area contributed by atoms with E-state index in [0.717, 1.165) is 9.75 Å². The Morgan fingerprint density at radius 3 is 2.63 bits per heavy atom. The van der Waals surface area contributed by atoms with Gasteiger partial charge < -0.3 is 10.1 Å². The van der Waals surface area contributed by atoms with Gasteiger partial charge in [-0.15, -0.1) is 11.3 Å². The van der Waals surface area contributed by atoms with Crippen molar-refractivity contribution in [2.45, 2.75) is 38.5 Å². The maximum Gasteiger partial charge on any atom is 0.390 e. The van der Waals surface area contributed by atoms with Gasteiger partial charge in [0.15, 0.2) is 0 Å². The smallest absolute Gasteiger partial charge is 0.390 e. The Hall–Kier alpha value is -1.08. The number of rotatable bonds is 6. The van der Waals surface area contributed by atoms with E-state index in [1.54, 1.807) is 12.1 Å². The summed E-state index contributed by atoms with van der Waals surface area (Å²) in [6.45, 7) is 1.86. The van der Waals surface area contributed by atoms with Crippen LogP contribution in [0, 0.1) is 0 Å². The van der Waals surface area contributed by atoms with Crippen LogP contribution in [0.15, 0.2) is 12.1 Å². The molecular weight excluding hydrogens is 279 g/mol. The van der Waals surface area contributed by atoms with Crippen LogP contribution >= 0.6 is 11.3 Å². The highest BCUT2D eigenvalue weighted by atomic mass is 32.1. The van der Waals surface area contributed by atoms with Crippen molar-refractivity contribution in [2.24, 2.45) is 0 Å². The SMILES string of the molecule is COC(=O)Cc1ccc(CNC(C)CC(F)(F)F)s1. The van der Waals surface area contributed by atoms with Crippen LogP contribution in [0.5, 0.6) is 0 Å². The highest BCUT2D eigenvalue weighted by Crippen LogP contribution is 2.22. The number of carbonyl (C=O) groups is 1. The number of hydrogen-bond donors (Lipinski definition) is 1. The van der Waals surface area contributed by atoms with Gasteiger partial charge in [0.05, 0.1) is 20.0 Å². The summed E-state index contributed by atoms with van der Waals surface area (Å²) in [5.41, 5.74) is 0. The second-order valence-electron chi connectivity index (χ2n) is 4.22. The van der Waals surface area contributed by atoms with Crippen molar-refractivity contribution in [3.63, 3.8) is 0 Å². The van der Waals surface area contributed by atoms with E-state index >= 15 is 0 Å². The number of nitrogens with one attached hydrogen (secondary N) is 1. The van der Waals surface area contributed by atoms with Gasteiger partial charge >= 0.3 is 12.1 Å². The molecule has 1 heterocycles. The first-order chi connectivity index (χ1) is 8.80. The van der Waals surface area contributed by atoms with Gasteiger partial charge in [0, 0.05) is 22.3 Å². The fourth-order valence-corrected chi connectivity index (χ4v) is 2.48. The first kappa shape index (κ1) is 16.0. The fraction of sp³-hybridized carbons (Fsp3) is 0.583. The predicted octanol–water partition coefficient (Wildman–Crippen LogP) is 2.89. The molecule has 0 spiro atoms. The molecule has 1 aromatic rings. The molecule has 3 nitrogen and oxygen atoms in total. The van der Waals surface area contributed by atoms with Crippen molar-refractivity contribution in [3.8, 4) is 0 Å². The minimum atomic E-state index is -4.15.